The van der Waals surface area contributed by atoms with E-state index in [4.69, 9.17) is 18.6 Å². The molecular formula is C19H22O7. The van der Waals surface area contributed by atoms with Gasteiger partial charge in [0.05, 0.1) is 5.41 Å². The lowest BCUT2D eigenvalue weighted by molar-refractivity contribution is -0.159. The Labute approximate surface area is 150 Å². The van der Waals surface area contributed by atoms with Crippen LogP contribution in [0.15, 0.2) is 39.5 Å². The van der Waals surface area contributed by atoms with Gasteiger partial charge < -0.3 is 18.6 Å². The van der Waals surface area contributed by atoms with Crippen LogP contribution in [0.3, 0.4) is 0 Å². The summed E-state index contributed by atoms with van der Waals surface area (Å²) < 4.78 is 20.4. The van der Waals surface area contributed by atoms with E-state index in [1.165, 1.54) is 6.07 Å². The Morgan fingerprint density at radius 1 is 1.08 bits per heavy atom. The summed E-state index contributed by atoms with van der Waals surface area (Å²) in [6.45, 7) is 5.18. The molecule has 0 amide bonds. The summed E-state index contributed by atoms with van der Waals surface area (Å²) in [6.07, 6.45) is 0.661. The predicted octanol–water partition coefficient (Wildman–Crippen LogP) is 2.69. The third-order valence-corrected chi connectivity index (χ3v) is 3.96. The Bertz CT molecular complexity index is 835. The molecule has 0 aliphatic heterocycles. The number of benzene rings is 1. The second-order valence-electron chi connectivity index (χ2n) is 6.34. The largest absolute Gasteiger partial charge is 0.482 e. The molecule has 2 aromatic rings. The van der Waals surface area contributed by atoms with E-state index in [9.17, 15) is 14.4 Å². The Kier molecular flexibility index (Phi) is 6.38. The Morgan fingerprint density at radius 3 is 2.54 bits per heavy atom. The summed E-state index contributed by atoms with van der Waals surface area (Å²) in [5.74, 6) is -0.454. The van der Waals surface area contributed by atoms with E-state index in [2.05, 4.69) is 0 Å². The molecule has 2 rings (SSSR count). The summed E-state index contributed by atoms with van der Waals surface area (Å²) in [5, 5.41) is 0.681. The van der Waals surface area contributed by atoms with Crippen molar-refractivity contribution < 1.29 is 28.2 Å². The Morgan fingerprint density at radius 2 is 1.81 bits per heavy atom. The predicted molar refractivity (Wildman–Crippen MR) is 94.0 cm³/mol. The van der Waals surface area contributed by atoms with Gasteiger partial charge in [-0.25, -0.2) is 9.59 Å². The number of carbonyl (C=O) groups is 2. The number of fused-ring (bicyclic) bond motifs is 1. The lowest BCUT2D eigenvalue weighted by atomic mass is 9.91. The van der Waals surface area contributed by atoms with Crippen LogP contribution < -0.4 is 10.4 Å². The number of hydrogen-bond donors (Lipinski definition) is 0. The van der Waals surface area contributed by atoms with Gasteiger partial charge in [-0.3, -0.25) is 4.79 Å². The zero-order valence-electron chi connectivity index (χ0n) is 15.1. The van der Waals surface area contributed by atoms with Crippen molar-refractivity contribution in [2.45, 2.75) is 27.2 Å². The maximum atomic E-state index is 11.8. The molecule has 7 nitrogen and oxygen atoms in total. The second kappa shape index (κ2) is 8.51. The van der Waals surface area contributed by atoms with Crippen LogP contribution >= 0.6 is 0 Å². The number of ether oxygens (including phenoxy) is 3. The fraction of sp³-hybridized carbons (Fsp3) is 0.421. The molecule has 140 valence electrons. The van der Waals surface area contributed by atoms with Gasteiger partial charge in [-0.2, -0.15) is 0 Å². The van der Waals surface area contributed by atoms with Gasteiger partial charge in [0.2, 0.25) is 0 Å². The molecule has 7 heteroatoms. The average molecular weight is 362 g/mol. The number of rotatable bonds is 8. The Hall–Kier alpha value is -2.83. The highest BCUT2D eigenvalue weighted by Gasteiger charge is 2.26. The fourth-order valence-corrected chi connectivity index (χ4v) is 1.95. The van der Waals surface area contributed by atoms with E-state index >= 15 is 0 Å². The molecular weight excluding hydrogens is 340 g/mol. The molecule has 0 bridgehead atoms. The van der Waals surface area contributed by atoms with Crippen LogP contribution in [0, 0.1) is 5.41 Å². The van der Waals surface area contributed by atoms with Crippen LogP contribution in [0.25, 0.3) is 11.0 Å². The van der Waals surface area contributed by atoms with Crippen molar-refractivity contribution in [3.8, 4) is 5.75 Å². The molecule has 0 fully saturated rings. The molecule has 0 N–H and O–H groups in total. The summed E-state index contributed by atoms with van der Waals surface area (Å²) in [6, 6.07) is 7.75. The maximum Gasteiger partial charge on any atom is 0.344 e. The minimum atomic E-state index is -0.574. The summed E-state index contributed by atoms with van der Waals surface area (Å²) in [4.78, 5) is 34.6. The molecule has 26 heavy (non-hydrogen) atoms. The highest BCUT2D eigenvalue weighted by molar-refractivity contribution is 5.78. The minimum Gasteiger partial charge on any atom is -0.482 e. The third-order valence-electron chi connectivity index (χ3n) is 3.96. The zero-order valence-corrected chi connectivity index (χ0v) is 15.1. The Balaban J connectivity index is 1.74. The minimum absolute atomic E-state index is 0.00299. The highest BCUT2D eigenvalue weighted by atomic mass is 16.6. The van der Waals surface area contributed by atoms with Crippen LogP contribution in [-0.4, -0.2) is 31.8 Å². The maximum absolute atomic E-state index is 11.8. The van der Waals surface area contributed by atoms with Crippen LogP contribution in [-0.2, 0) is 19.1 Å². The van der Waals surface area contributed by atoms with E-state index in [0.29, 0.717) is 23.1 Å². The van der Waals surface area contributed by atoms with Gasteiger partial charge in [0, 0.05) is 11.5 Å². The summed E-state index contributed by atoms with van der Waals surface area (Å²) >= 11 is 0. The van der Waals surface area contributed by atoms with Gasteiger partial charge >= 0.3 is 17.6 Å². The van der Waals surface area contributed by atoms with Gasteiger partial charge in [-0.1, -0.05) is 6.92 Å². The van der Waals surface area contributed by atoms with Gasteiger partial charge in [-0.05, 0) is 44.5 Å². The topological polar surface area (TPSA) is 92.0 Å². The van der Waals surface area contributed by atoms with Crippen LogP contribution in [0.2, 0.25) is 0 Å². The standard InChI is InChI=1S/C19H22O7/c1-4-19(2,3)18(22)24-10-9-23-17(21)12-25-14-6-7-15-13(11-14)5-8-16(20)26-15/h5-8,11H,4,9-10,12H2,1-3H3. The van der Waals surface area contributed by atoms with E-state index in [0.717, 1.165) is 0 Å². The van der Waals surface area contributed by atoms with E-state index in [1.54, 1.807) is 38.1 Å². The molecule has 0 unspecified atom stereocenters. The quantitative estimate of drug-likeness (QED) is 0.405. The highest BCUT2D eigenvalue weighted by Crippen LogP contribution is 2.21. The first-order valence-electron chi connectivity index (χ1n) is 8.31. The smallest absolute Gasteiger partial charge is 0.344 e. The van der Waals surface area contributed by atoms with E-state index < -0.39 is 17.0 Å². The summed E-state index contributed by atoms with van der Waals surface area (Å²) in [7, 11) is 0. The molecule has 0 radical (unpaired) electrons. The molecule has 0 saturated carbocycles. The molecule has 0 atom stereocenters. The molecule has 1 heterocycles. The van der Waals surface area contributed by atoms with Crippen LogP contribution in [0.1, 0.15) is 27.2 Å². The number of esters is 2. The van der Waals surface area contributed by atoms with Crippen molar-refractivity contribution in [1.29, 1.82) is 0 Å². The first-order valence-corrected chi connectivity index (χ1v) is 8.31. The molecule has 0 aliphatic carbocycles. The van der Waals surface area contributed by atoms with Gasteiger partial charge in [0.25, 0.3) is 0 Å². The van der Waals surface area contributed by atoms with Crippen LogP contribution in [0.4, 0.5) is 0 Å². The summed E-state index contributed by atoms with van der Waals surface area (Å²) in [5.41, 5.74) is -0.551. The third kappa shape index (κ3) is 5.34. The van der Waals surface area contributed by atoms with Crippen molar-refractivity contribution in [3.63, 3.8) is 0 Å². The normalized spacial score (nSPS) is 11.2. The monoisotopic (exact) mass is 362 g/mol. The van der Waals surface area contributed by atoms with Crippen molar-refractivity contribution in [2.24, 2.45) is 5.41 Å². The zero-order chi connectivity index (χ0) is 19.2. The number of hydrogen-bond acceptors (Lipinski definition) is 7. The molecule has 0 aliphatic rings. The van der Waals surface area contributed by atoms with E-state index in [-0.39, 0.29) is 25.8 Å². The fourth-order valence-electron chi connectivity index (χ4n) is 1.95. The lowest BCUT2D eigenvalue weighted by Crippen LogP contribution is -2.27. The first kappa shape index (κ1) is 19.5. The van der Waals surface area contributed by atoms with Gasteiger partial charge in [-0.15, -0.1) is 0 Å². The lowest BCUT2D eigenvalue weighted by Gasteiger charge is -2.20. The van der Waals surface area contributed by atoms with Crippen molar-refractivity contribution >= 4 is 22.9 Å². The SMILES string of the molecule is CCC(C)(C)C(=O)OCCOC(=O)COc1ccc2oc(=O)ccc2c1. The first-order chi connectivity index (χ1) is 12.3. The van der Waals surface area contributed by atoms with Crippen molar-refractivity contribution in [3.05, 3.63) is 40.8 Å². The average Bonchev–Trinajstić information content (AvgIpc) is 2.63. The van der Waals surface area contributed by atoms with Crippen molar-refractivity contribution in [2.75, 3.05) is 19.8 Å². The molecule has 0 saturated heterocycles. The van der Waals surface area contributed by atoms with Crippen molar-refractivity contribution in [1.82, 2.24) is 0 Å². The van der Waals surface area contributed by atoms with E-state index in [1.807, 2.05) is 6.92 Å². The van der Waals surface area contributed by atoms with Gasteiger partial charge in [0.1, 0.15) is 24.5 Å². The molecule has 1 aromatic heterocycles. The number of carbonyl (C=O) groups excluding carboxylic acids is 2. The van der Waals surface area contributed by atoms with Gasteiger partial charge in [0.15, 0.2) is 6.61 Å². The second-order valence-corrected chi connectivity index (χ2v) is 6.34. The van der Waals surface area contributed by atoms with Crippen LogP contribution in [0.5, 0.6) is 5.75 Å². The molecule has 0 spiro atoms. The molecule has 1 aromatic carbocycles.